The van der Waals surface area contributed by atoms with Crippen LogP contribution in [0.1, 0.15) is 5.69 Å². The molecule has 0 spiro atoms. The number of hydrogen-bond acceptors (Lipinski definition) is 5. The van der Waals surface area contributed by atoms with Crippen molar-refractivity contribution < 1.29 is 17.6 Å². The largest absolute Gasteiger partial charge is 0.444 e. The van der Waals surface area contributed by atoms with Crippen LogP contribution in [0.4, 0.5) is 0 Å². The Hall–Kier alpha value is -1.86. The van der Waals surface area contributed by atoms with E-state index in [0.717, 1.165) is 6.26 Å². The molecule has 1 aromatic heterocycles. The highest BCUT2D eigenvalue weighted by Crippen LogP contribution is 2.20. The number of halogens is 1. The smallest absolute Gasteiger partial charge is 0.239 e. The summed E-state index contributed by atoms with van der Waals surface area (Å²) in [6.45, 7) is 0. The van der Waals surface area contributed by atoms with E-state index in [1.807, 2.05) is 4.72 Å². The van der Waals surface area contributed by atoms with Crippen LogP contribution >= 0.6 is 11.6 Å². The van der Waals surface area contributed by atoms with Crippen LogP contribution in [-0.4, -0.2) is 25.6 Å². The van der Waals surface area contributed by atoms with Crippen LogP contribution < -0.4 is 4.72 Å². The Morgan fingerprint density at radius 1 is 1.35 bits per heavy atom. The van der Waals surface area contributed by atoms with Gasteiger partial charge >= 0.3 is 0 Å². The molecule has 8 heteroatoms. The van der Waals surface area contributed by atoms with E-state index >= 15 is 0 Å². The van der Waals surface area contributed by atoms with Gasteiger partial charge in [0.05, 0.1) is 18.4 Å². The quantitative estimate of drug-likeness (QED) is 0.926. The highest BCUT2D eigenvalue weighted by Gasteiger charge is 2.13. The normalized spacial score (nSPS) is 11.3. The van der Waals surface area contributed by atoms with Gasteiger partial charge in [-0.3, -0.25) is 9.52 Å². The number of amides is 1. The van der Waals surface area contributed by atoms with Gasteiger partial charge in [-0.05, 0) is 24.3 Å². The number of carbonyl (C=O) groups is 1. The van der Waals surface area contributed by atoms with Crippen molar-refractivity contribution in [2.24, 2.45) is 0 Å². The average Bonchev–Trinajstić information content (AvgIpc) is 2.75. The number of oxazole rings is 1. The zero-order valence-electron chi connectivity index (χ0n) is 10.5. The summed E-state index contributed by atoms with van der Waals surface area (Å²) >= 11 is 5.77. The molecule has 1 aromatic carbocycles. The maximum Gasteiger partial charge on any atom is 0.239 e. The van der Waals surface area contributed by atoms with E-state index in [9.17, 15) is 13.2 Å². The maximum absolute atomic E-state index is 11.4. The van der Waals surface area contributed by atoms with Crippen molar-refractivity contribution >= 4 is 27.5 Å². The summed E-state index contributed by atoms with van der Waals surface area (Å²) in [7, 11) is -3.57. The van der Waals surface area contributed by atoms with E-state index in [4.69, 9.17) is 16.0 Å². The summed E-state index contributed by atoms with van der Waals surface area (Å²) in [5, 5.41) is 0.591. The van der Waals surface area contributed by atoms with E-state index < -0.39 is 15.9 Å². The molecule has 1 heterocycles. The second-order valence-corrected chi connectivity index (χ2v) is 6.31. The summed E-state index contributed by atoms with van der Waals surface area (Å²) in [4.78, 5) is 15.5. The molecule has 0 saturated heterocycles. The fourth-order valence-electron chi connectivity index (χ4n) is 1.52. The number of sulfonamides is 1. The van der Waals surface area contributed by atoms with Gasteiger partial charge in [-0.2, -0.15) is 0 Å². The van der Waals surface area contributed by atoms with Crippen molar-refractivity contribution in [3.8, 4) is 11.5 Å². The van der Waals surface area contributed by atoms with E-state index in [1.165, 1.54) is 6.26 Å². The second kappa shape index (κ2) is 5.64. The molecule has 0 saturated carbocycles. The van der Waals surface area contributed by atoms with Crippen molar-refractivity contribution in [2.75, 3.05) is 6.26 Å². The van der Waals surface area contributed by atoms with Crippen LogP contribution in [-0.2, 0) is 21.2 Å². The molecule has 0 radical (unpaired) electrons. The molecule has 0 aliphatic heterocycles. The Kier molecular flexibility index (Phi) is 4.10. The van der Waals surface area contributed by atoms with Crippen LogP contribution in [0.25, 0.3) is 11.5 Å². The molecule has 0 aliphatic carbocycles. The van der Waals surface area contributed by atoms with Crippen LogP contribution in [0.2, 0.25) is 5.02 Å². The summed E-state index contributed by atoms with van der Waals surface area (Å²) in [6.07, 6.45) is 2.04. The van der Waals surface area contributed by atoms with Gasteiger partial charge in [0.15, 0.2) is 0 Å². The molecule has 106 valence electrons. The molecule has 0 unspecified atom stereocenters. The highest BCUT2D eigenvalue weighted by atomic mass is 35.5. The molecule has 20 heavy (non-hydrogen) atoms. The number of carbonyl (C=O) groups excluding carboxylic acids is 1. The molecule has 2 aromatic rings. The lowest BCUT2D eigenvalue weighted by molar-refractivity contribution is -0.118. The summed E-state index contributed by atoms with van der Waals surface area (Å²) in [6, 6.07) is 6.84. The topological polar surface area (TPSA) is 89.3 Å². The summed E-state index contributed by atoms with van der Waals surface area (Å²) in [5.74, 6) is -0.327. The monoisotopic (exact) mass is 314 g/mol. The van der Waals surface area contributed by atoms with Crippen molar-refractivity contribution in [1.29, 1.82) is 0 Å². The molecule has 0 atom stereocenters. The Morgan fingerprint density at radius 3 is 2.60 bits per heavy atom. The number of rotatable bonds is 4. The zero-order valence-corrected chi connectivity index (χ0v) is 12.0. The lowest BCUT2D eigenvalue weighted by Gasteiger charge is -1.99. The minimum atomic E-state index is -3.57. The number of aromatic nitrogens is 1. The highest BCUT2D eigenvalue weighted by molar-refractivity contribution is 7.89. The van der Waals surface area contributed by atoms with Crippen LogP contribution in [0, 0.1) is 0 Å². The molecule has 0 aliphatic rings. The standard InChI is InChI=1S/C12H11ClN2O4S/c1-20(17,18)15-11(16)6-10-7-19-12(14-10)8-2-4-9(13)5-3-8/h2-5,7H,6H2,1H3,(H,15,16). The summed E-state index contributed by atoms with van der Waals surface area (Å²) < 4.78 is 28.9. The summed E-state index contributed by atoms with van der Waals surface area (Å²) in [5.41, 5.74) is 1.06. The lowest BCUT2D eigenvalue weighted by atomic mass is 10.2. The van der Waals surface area contributed by atoms with E-state index in [1.54, 1.807) is 24.3 Å². The number of nitrogens with zero attached hydrogens (tertiary/aromatic N) is 1. The maximum atomic E-state index is 11.4. The van der Waals surface area contributed by atoms with Gasteiger partial charge in [0.25, 0.3) is 0 Å². The van der Waals surface area contributed by atoms with E-state index in [-0.39, 0.29) is 6.42 Å². The van der Waals surface area contributed by atoms with Gasteiger partial charge in [-0.25, -0.2) is 13.4 Å². The van der Waals surface area contributed by atoms with Crippen LogP contribution in [0.3, 0.4) is 0 Å². The van der Waals surface area contributed by atoms with Gasteiger partial charge in [0.2, 0.25) is 21.8 Å². The fourth-order valence-corrected chi connectivity index (χ4v) is 2.13. The van der Waals surface area contributed by atoms with Crippen molar-refractivity contribution in [2.45, 2.75) is 6.42 Å². The van der Waals surface area contributed by atoms with Gasteiger partial charge in [0, 0.05) is 10.6 Å². The third-order valence-electron chi connectivity index (χ3n) is 2.28. The predicted molar refractivity (Wildman–Crippen MR) is 73.6 cm³/mol. The van der Waals surface area contributed by atoms with Crippen molar-refractivity contribution in [3.63, 3.8) is 0 Å². The zero-order chi connectivity index (χ0) is 14.8. The second-order valence-electron chi connectivity index (χ2n) is 4.13. The minimum absolute atomic E-state index is 0.176. The fraction of sp³-hybridized carbons (Fsp3) is 0.167. The van der Waals surface area contributed by atoms with Gasteiger partial charge < -0.3 is 4.42 Å². The molecular weight excluding hydrogens is 304 g/mol. The first-order chi connectivity index (χ1) is 9.33. The average molecular weight is 315 g/mol. The molecule has 1 N–H and O–H groups in total. The number of nitrogens with one attached hydrogen (secondary N) is 1. The molecule has 0 fully saturated rings. The van der Waals surface area contributed by atoms with Gasteiger partial charge in [0.1, 0.15) is 6.26 Å². The van der Waals surface area contributed by atoms with Crippen LogP contribution in [0.15, 0.2) is 34.9 Å². The van der Waals surface area contributed by atoms with E-state index in [2.05, 4.69) is 4.98 Å². The first kappa shape index (κ1) is 14.5. The lowest BCUT2D eigenvalue weighted by Crippen LogP contribution is -2.30. The minimum Gasteiger partial charge on any atom is -0.444 e. The van der Waals surface area contributed by atoms with Crippen molar-refractivity contribution in [3.05, 3.63) is 41.2 Å². The Bertz CT molecular complexity index is 722. The molecule has 2 rings (SSSR count). The first-order valence-electron chi connectivity index (χ1n) is 5.54. The third kappa shape index (κ3) is 4.07. The van der Waals surface area contributed by atoms with Crippen molar-refractivity contribution in [1.82, 2.24) is 9.71 Å². The Morgan fingerprint density at radius 2 is 2.00 bits per heavy atom. The van der Waals surface area contributed by atoms with Gasteiger partial charge in [-0.15, -0.1) is 0 Å². The number of hydrogen-bond donors (Lipinski definition) is 1. The van der Waals surface area contributed by atoms with Crippen LogP contribution in [0.5, 0.6) is 0 Å². The number of benzene rings is 1. The molecular formula is C12H11ClN2O4S. The SMILES string of the molecule is CS(=O)(=O)NC(=O)Cc1coc(-c2ccc(Cl)cc2)n1. The Labute approximate surface area is 120 Å². The molecule has 0 bridgehead atoms. The predicted octanol–water partition coefficient (Wildman–Crippen LogP) is 1.61. The molecule has 6 nitrogen and oxygen atoms in total. The third-order valence-corrected chi connectivity index (χ3v) is 3.13. The Balaban J connectivity index is 2.09. The first-order valence-corrected chi connectivity index (χ1v) is 7.81. The molecule has 1 amide bonds. The van der Waals surface area contributed by atoms with E-state index in [0.29, 0.717) is 22.2 Å². The van der Waals surface area contributed by atoms with Gasteiger partial charge in [-0.1, -0.05) is 11.6 Å².